The first-order valence-corrected chi connectivity index (χ1v) is 11.0. The predicted molar refractivity (Wildman–Crippen MR) is 136 cm³/mol. The SMILES string of the molecule is CCNC(=NCC1(C(=O)N(C)C)CCCC1)NCC(O)COC(C)c1ccccc1.I. The van der Waals surface area contributed by atoms with Crippen molar-refractivity contribution in [2.45, 2.75) is 51.7 Å². The number of nitrogens with one attached hydrogen (secondary N) is 2. The van der Waals surface area contributed by atoms with Crippen LogP contribution in [0.15, 0.2) is 35.3 Å². The summed E-state index contributed by atoms with van der Waals surface area (Å²) in [5.74, 6) is 0.772. The summed E-state index contributed by atoms with van der Waals surface area (Å²) < 4.78 is 5.80. The minimum Gasteiger partial charge on any atom is -0.389 e. The number of hydrogen-bond acceptors (Lipinski definition) is 4. The molecule has 2 unspecified atom stereocenters. The van der Waals surface area contributed by atoms with E-state index in [0.717, 1.165) is 31.2 Å². The third-order valence-corrected chi connectivity index (χ3v) is 5.62. The molecule has 176 valence electrons. The first-order chi connectivity index (χ1) is 14.4. The molecule has 3 N–H and O–H groups in total. The number of carbonyl (C=O) groups excluding carboxylic acids is 1. The van der Waals surface area contributed by atoms with E-state index in [1.807, 2.05) is 58.3 Å². The number of hydrogen-bond donors (Lipinski definition) is 3. The van der Waals surface area contributed by atoms with Gasteiger partial charge in [0.25, 0.3) is 0 Å². The molecule has 1 aliphatic carbocycles. The maximum Gasteiger partial charge on any atom is 0.230 e. The molecule has 2 atom stereocenters. The largest absolute Gasteiger partial charge is 0.389 e. The molecular formula is C23H39IN4O3. The van der Waals surface area contributed by atoms with E-state index < -0.39 is 11.5 Å². The van der Waals surface area contributed by atoms with Crippen LogP contribution in [-0.4, -0.2) is 68.3 Å². The molecule has 7 nitrogen and oxygen atoms in total. The van der Waals surface area contributed by atoms with Crippen LogP contribution in [0.5, 0.6) is 0 Å². The Labute approximate surface area is 204 Å². The maximum atomic E-state index is 12.7. The van der Waals surface area contributed by atoms with E-state index in [-0.39, 0.29) is 42.6 Å². The van der Waals surface area contributed by atoms with Crippen LogP contribution in [0, 0.1) is 5.41 Å². The average molecular weight is 546 g/mol. The molecule has 31 heavy (non-hydrogen) atoms. The average Bonchev–Trinajstić information content (AvgIpc) is 3.24. The fourth-order valence-electron chi connectivity index (χ4n) is 3.89. The summed E-state index contributed by atoms with van der Waals surface area (Å²) in [5.41, 5.74) is 0.679. The minimum absolute atomic E-state index is 0. The molecular weight excluding hydrogens is 507 g/mol. The van der Waals surface area contributed by atoms with Gasteiger partial charge in [0.2, 0.25) is 5.91 Å². The lowest BCUT2D eigenvalue weighted by Crippen LogP contribution is -2.44. The second kappa shape index (κ2) is 13.9. The van der Waals surface area contributed by atoms with Crippen LogP contribution < -0.4 is 10.6 Å². The van der Waals surface area contributed by atoms with Gasteiger partial charge in [-0.1, -0.05) is 43.2 Å². The number of aliphatic imine (C=N–C) groups is 1. The molecule has 0 spiro atoms. The summed E-state index contributed by atoms with van der Waals surface area (Å²) in [7, 11) is 3.62. The predicted octanol–water partition coefficient (Wildman–Crippen LogP) is 2.95. The van der Waals surface area contributed by atoms with Crippen LogP contribution in [0.1, 0.15) is 51.2 Å². The van der Waals surface area contributed by atoms with Crippen molar-refractivity contribution in [3.8, 4) is 0 Å². The van der Waals surface area contributed by atoms with E-state index in [2.05, 4.69) is 15.6 Å². The molecule has 0 saturated heterocycles. The van der Waals surface area contributed by atoms with Gasteiger partial charge in [-0.05, 0) is 32.3 Å². The van der Waals surface area contributed by atoms with Gasteiger partial charge in [-0.3, -0.25) is 9.79 Å². The molecule has 1 fully saturated rings. The van der Waals surface area contributed by atoms with Gasteiger partial charge in [0.05, 0.1) is 30.8 Å². The lowest BCUT2D eigenvalue weighted by molar-refractivity contribution is -0.138. The quantitative estimate of drug-likeness (QED) is 0.239. The highest BCUT2D eigenvalue weighted by Gasteiger charge is 2.42. The Kier molecular flexibility index (Phi) is 12.4. The Balaban J connectivity index is 0.00000480. The zero-order valence-corrected chi connectivity index (χ0v) is 21.6. The van der Waals surface area contributed by atoms with Gasteiger partial charge in [-0.25, -0.2) is 0 Å². The number of rotatable bonds is 10. The van der Waals surface area contributed by atoms with Crippen molar-refractivity contribution in [3.05, 3.63) is 35.9 Å². The third-order valence-electron chi connectivity index (χ3n) is 5.62. The fourth-order valence-corrected chi connectivity index (χ4v) is 3.89. The van der Waals surface area contributed by atoms with E-state index in [1.165, 1.54) is 0 Å². The van der Waals surface area contributed by atoms with E-state index in [4.69, 9.17) is 4.74 Å². The van der Waals surface area contributed by atoms with Gasteiger partial charge >= 0.3 is 0 Å². The summed E-state index contributed by atoms with van der Waals surface area (Å²) in [6.45, 7) is 5.68. The van der Waals surface area contributed by atoms with E-state index >= 15 is 0 Å². The molecule has 0 bridgehead atoms. The van der Waals surface area contributed by atoms with Crippen LogP contribution in [0.25, 0.3) is 0 Å². The van der Waals surface area contributed by atoms with Crippen molar-refractivity contribution in [1.82, 2.24) is 15.5 Å². The van der Waals surface area contributed by atoms with E-state index in [0.29, 0.717) is 25.6 Å². The molecule has 2 rings (SSSR count). The number of aliphatic hydroxyl groups is 1. The summed E-state index contributed by atoms with van der Waals surface area (Å²) in [6, 6.07) is 9.95. The molecule has 0 aromatic heterocycles. The van der Waals surface area contributed by atoms with Gasteiger partial charge < -0.3 is 25.4 Å². The molecule has 1 aliphatic rings. The molecule has 1 saturated carbocycles. The normalized spacial score (nSPS) is 17.4. The third kappa shape index (κ3) is 8.57. The molecule has 8 heteroatoms. The topological polar surface area (TPSA) is 86.2 Å². The number of nitrogens with zero attached hydrogens (tertiary/aromatic N) is 2. The molecule has 1 amide bonds. The second-order valence-electron chi connectivity index (χ2n) is 8.30. The number of ether oxygens (including phenoxy) is 1. The highest BCUT2D eigenvalue weighted by atomic mass is 127. The van der Waals surface area contributed by atoms with Gasteiger partial charge in [0, 0.05) is 27.2 Å². The standard InChI is InChI=1S/C23H38N4O3.HI/c1-5-24-22(26-17-23(13-9-10-14-23)21(29)27(3)4)25-15-20(28)16-30-18(2)19-11-7-6-8-12-19;/h6-8,11-12,18,20,28H,5,9-10,13-17H2,1-4H3,(H2,24,25,26);1H. The van der Waals surface area contributed by atoms with Gasteiger partial charge in [0.1, 0.15) is 0 Å². The molecule has 1 aromatic carbocycles. The van der Waals surface area contributed by atoms with Crippen molar-refractivity contribution >= 4 is 35.8 Å². The molecule has 1 aromatic rings. The number of amides is 1. The zero-order chi connectivity index (χ0) is 22.0. The summed E-state index contributed by atoms with van der Waals surface area (Å²) in [6.07, 6.45) is 3.14. The van der Waals surface area contributed by atoms with Crippen LogP contribution in [0.2, 0.25) is 0 Å². The first-order valence-electron chi connectivity index (χ1n) is 11.0. The number of benzene rings is 1. The summed E-state index contributed by atoms with van der Waals surface area (Å²) >= 11 is 0. The molecule has 0 aliphatic heterocycles. The van der Waals surface area contributed by atoms with Crippen molar-refractivity contribution in [1.29, 1.82) is 0 Å². The Bertz CT molecular complexity index is 679. The number of guanidine groups is 1. The van der Waals surface area contributed by atoms with Crippen LogP contribution in [-0.2, 0) is 9.53 Å². The van der Waals surface area contributed by atoms with Crippen molar-refractivity contribution < 1.29 is 14.6 Å². The second-order valence-corrected chi connectivity index (χ2v) is 8.30. The molecule has 0 heterocycles. The lowest BCUT2D eigenvalue weighted by Gasteiger charge is -2.29. The van der Waals surface area contributed by atoms with Gasteiger partial charge in [-0.15, -0.1) is 24.0 Å². The van der Waals surface area contributed by atoms with Gasteiger partial charge in [0.15, 0.2) is 5.96 Å². The lowest BCUT2D eigenvalue weighted by atomic mass is 9.85. The Morgan fingerprint density at radius 3 is 2.45 bits per heavy atom. The summed E-state index contributed by atoms with van der Waals surface area (Å²) in [4.78, 5) is 19.1. The van der Waals surface area contributed by atoms with Crippen LogP contribution in [0.4, 0.5) is 0 Å². The van der Waals surface area contributed by atoms with Crippen molar-refractivity contribution in [2.75, 3.05) is 40.3 Å². The van der Waals surface area contributed by atoms with E-state index in [9.17, 15) is 9.90 Å². The highest BCUT2D eigenvalue weighted by molar-refractivity contribution is 14.0. The van der Waals surface area contributed by atoms with Crippen LogP contribution in [0.3, 0.4) is 0 Å². The fraction of sp³-hybridized carbons (Fsp3) is 0.652. The smallest absolute Gasteiger partial charge is 0.230 e. The Morgan fingerprint density at radius 2 is 1.87 bits per heavy atom. The zero-order valence-electron chi connectivity index (χ0n) is 19.3. The van der Waals surface area contributed by atoms with E-state index in [1.54, 1.807) is 4.90 Å². The number of aliphatic hydroxyl groups excluding tert-OH is 1. The van der Waals surface area contributed by atoms with Crippen molar-refractivity contribution in [3.63, 3.8) is 0 Å². The van der Waals surface area contributed by atoms with Gasteiger partial charge in [-0.2, -0.15) is 0 Å². The number of halogens is 1. The molecule has 0 radical (unpaired) electrons. The monoisotopic (exact) mass is 546 g/mol. The Hall–Kier alpha value is -1.39. The minimum atomic E-state index is -0.663. The summed E-state index contributed by atoms with van der Waals surface area (Å²) in [5, 5.41) is 16.7. The first kappa shape index (κ1) is 27.6. The highest BCUT2D eigenvalue weighted by Crippen LogP contribution is 2.39. The maximum absolute atomic E-state index is 12.7. The Morgan fingerprint density at radius 1 is 1.23 bits per heavy atom. The van der Waals surface area contributed by atoms with Crippen molar-refractivity contribution in [2.24, 2.45) is 10.4 Å². The number of carbonyl (C=O) groups is 1. The van der Waals surface area contributed by atoms with Crippen LogP contribution >= 0.6 is 24.0 Å².